The maximum atomic E-state index is 16.5. The van der Waals surface area contributed by atoms with Crippen molar-refractivity contribution in [2.75, 3.05) is 19.8 Å². The molecule has 0 aromatic heterocycles. The van der Waals surface area contributed by atoms with Gasteiger partial charge in [-0.2, -0.15) is 0 Å². The van der Waals surface area contributed by atoms with Crippen LogP contribution in [0.15, 0.2) is 46.8 Å². The molecule has 13 N–H and O–H groups in total. The number of hydrogen-bond acceptors (Lipinski definition) is 15. The first-order valence-electron chi connectivity index (χ1n) is 32.9. The Balaban J connectivity index is 1.04. The third-order valence-electron chi connectivity index (χ3n) is 25.3. The molecule has 9 fully saturated rings. The quantitative estimate of drug-likeness (QED) is 0.0762. The van der Waals surface area contributed by atoms with Gasteiger partial charge < -0.3 is 71.8 Å². The normalized spacial score (nSPS) is 48.7. The van der Waals surface area contributed by atoms with Crippen molar-refractivity contribution in [2.45, 2.75) is 259 Å². The number of carbonyl (C=O) groups excluding carboxylic acids is 1. The third-order valence-corrected chi connectivity index (χ3v) is 25.3. The molecule has 2 aliphatic heterocycles. The number of fused-ring (bicyclic) bond motifs is 5. The van der Waals surface area contributed by atoms with E-state index in [0.717, 1.165) is 81.9 Å². The summed E-state index contributed by atoms with van der Waals surface area (Å²) < 4.78 is 13.7. The first-order valence-corrected chi connectivity index (χ1v) is 32.9. The number of allylic oxidation sites excluding steroid dienone is 5. The Kier molecular flexibility index (Phi) is 16.4. The minimum atomic E-state index is -1.95. The zero-order valence-electron chi connectivity index (χ0n) is 49.1. The molecule has 22 unspecified atom stereocenters. The largest absolute Gasteiger partial charge is 0.396 e. The average Bonchev–Trinajstić information content (AvgIpc) is 3.73. The molecule has 15 heteroatoms. The van der Waals surface area contributed by atoms with E-state index < -0.39 is 105 Å². The fourth-order valence-corrected chi connectivity index (χ4v) is 22.1. The third kappa shape index (κ3) is 9.32. The summed E-state index contributed by atoms with van der Waals surface area (Å²) in [7, 11) is 0. The van der Waals surface area contributed by atoms with Gasteiger partial charge in [-0.05, 0) is 200 Å². The molecule has 0 aromatic rings. The van der Waals surface area contributed by atoms with Crippen LogP contribution in [0.4, 0.5) is 0 Å². The fraction of sp³-hybridized carbons (Fsp3) is 0.864. The van der Waals surface area contributed by atoms with Gasteiger partial charge >= 0.3 is 0 Å². The van der Waals surface area contributed by atoms with E-state index in [2.05, 4.69) is 23.6 Å². The van der Waals surface area contributed by atoms with E-state index in [0.29, 0.717) is 81.5 Å². The van der Waals surface area contributed by atoms with Gasteiger partial charge in [-0.3, -0.25) is 4.79 Å². The molecule has 2 heterocycles. The highest BCUT2D eigenvalue weighted by Gasteiger charge is 2.82. The van der Waals surface area contributed by atoms with Gasteiger partial charge in [-0.1, -0.05) is 70.1 Å². The molecule has 0 radical (unpaired) electrons. The molecule has 2 bridgehead atoms. The van der Waals surface area contributed by atoms with E-state index in [1.54, 1.807) is 13.8 Å². The van der Waals surface area contributed by atoms with Crippen molar-refractivity contribution in [3.8, 4) is 0 Å². The standard InChI is InChI=1S/C66H103N3O12/c1-4-9-38-16-20-44-50(24-17-38)81-60-53(44)48(72)13-7-29-66(60,79)61(3,76)51-27-31-65(78)55-56(68-35-37(2)71)58(75)54-45-21-23-46-42(43-22-25-52(67)69-47(43)12-8-32-70)26-30-62(77,59(55)63(46,54)34-49(73)57(45)74)36-64(51,65)40-18-14-39(15-19-40)28-33-80-41-10-5-6-11-41/h22,25-26,30,37-42,44-46,48-54,57,59-60,68-74,76-79H,4-21,23-24,27-29,31-36,67H2,1-3H3. The number of aliphatic hydroxyl groups is 9. The zero-order valence-corrected chi connectivity index (χ0v) is 49.1. The molecule has 10 aliphatic carbocycles. The van der Waals surface area contributed by atoms with Crippen LogP contribution in [-0.2, 0) is 14.3 Å². The number of rotatable bonds is 16. The second-order valence-corrected chi connectivity index (χ2v) is 29.3. The fourth-order valence-electron chi connectivity index (χ4n) is 22.1. The van der Waals surface area contributed by atoms with Crippen LogP contribution < -0.4 is 16.4 Å². The van der Waals surface area contributed by atoms with Gasteiger partial charge in [0, 0.05) is 54.5 Å². The van der Waals surface area contributed by atoms with Gasteiger partial charge in [-0.25, -0.2) is 0 Å². The van der Waals surface area contributed by atoms with Crippen LogP contribution in [0.1, 0.15) is 188 Å². The van der Waals surface area contributed by atoms with E-state index in [-0.39, 0.29) is 80.6 Å². The van der Waals surface area contributed by atoms with Crippen LogP contribution in [0.25, 0.3) is 0 Å². The number of hydrogen-bond donors (Lipinski definition) is 12. The van der Waals surface area contributed by atoms with Crippen molar-refractivity contribution in [3.63, 3.8) is 0 Å². The molecule has 454 valence electrons. The van der Waals surface area contributed by atoms with Crippen LogP contribution >= 0.6 is 0 Å². The smallest absolute Gasteiger partial charge is 0.182 e. The lowest BCUT2D eigenvalue weighted by Crippen LogP contribution is -2.76. The molecule has 22 atom stereocenters. The molecule has 1 spiro atoms. The Hall–Kier alpha value is -2.25. The number of nitrogens with two attached hydrogens (primary N) is 1. The summed E-state index contributed by atoms with van der Waals surface area (Å²) in [5, 5.41) is 124. The molecular formula is C66H103N3O12. The lowest BCUT2D eigenvalue weighted by molar-refractivity contribution is -0.282. The SMILES string of the molecule is CCCC1CCC2OC3C(C(O)CCCC3(O)C(C)(O)C3CCC4(O)C5=C(NCC(C)O)C(=O)C6C7CCC8C(C9=C(CCCO)NC(N)C=C9)C=CC(O)(CC34C3CCC(CCOC4CCCC4)CC3)C5C86CC(O)C7O)C2CC1. The summed E-state index contributed by atoms with van der Waals surface area (Å²) in [6.07, 6.45) is 20.9. The number of ketones is 1. The van der Waals surface area contributed by atoms with Crippen LogP contribution in [0.5, 0.6) is 0 Å². The highest BCUT2D eigenvalue weighted by molar-refractivity contribution is 6.00. The van der Waals surface area contributed by atoms with E-state index in [4.69, 9.17) is 15.2 Å². The van der Waals surface area contributed by atoms with E-state index in [9.17, 15) is 40.9 Å². The van der Waals surface area contributed by atoms with Gasteiger partial charge in [0.2, 0.25) is 0 Å². The summed E-state index contributed by atoms with van der Waals surface area (Å²) in [5.74, 6) is -4.11. The van der Waals surface area contributed by atoms with Crippen LogP contribution in [0, 0.1) is 75.9 Å². The van der Waals surface area contributed by atoms with Crippen LogP contribution in [0.2, 0.25) is 0 Å². The topological polar surface area (TPSA) is 268 Å². The second kappa shape index (κ2) is 22.5. The Labute approximate surface area is 482 Å². The Morgan fingerprint density at radius 2 is 1.62 bits per heavy atom. The number of nitrogens with one attached hydrogen (secondary N) is 2. The summed E-state index contributed by atoms with van der Waals surface area (Å²) in [6, 6.07) is 0. The molecular weight excluding hydrogens is 1030 g/mol. The average molecular weight is 1130 g/mol. The first-order chi connectivity index (χ1) is 38.8. The number of aliphatic hydroxyl groups excluding tert-OH is 5. The summed E-state index contributed by atoms with van der Waals surface area (Å²) in [6.45, 7) is 6.29. The predicted octanol–water partition coefficient (Wildman–Crippen LogP) is 6.26. The lowest BCUT2D eigenvalue weighted by atomic mass is 9.34. The second-order valence-electron chi connectivity index (χ2n) is 29.3. The van der Waals surface area contributed by atoms with Gasteiger partial charge in [0.05, 0.1) is 71.4 Å². The summed E-state index contributed by atoms with van der Waals surface area (Å²) in [5.41, 5.74) is -1.15. The maximum Gasteiger partial charge on any atom is 0.182 e. The Bertz CT molecular complexity index is 2430. The molecule has 1 saturated heterocycles. The maximum absolute atomic E-state index is 16.5. The molecule has 0 amide bonds. The first kappa shape index (κ1) is 59.1. The van der Waals surface area contributed by atoms with Gasteiger partial charge in [0.15, 0.2) is 5.78 Å². The summed E-state index contributed by atoms with van der Waals surface area (Å²) >= 11 is 0. The monoisotopic (exact) mass is 1130 g/mol. The molecule has 12 aliphatic rings. The number of carbonyl (C=O) groups is 1. The number of dihydropyridines is 1. The van der Waals surface area contributed by atoms with Crippen LogP contribution in [-0.4, -0.2) is 143 Å². The van der Waals surface area contributed by atoms with Crippen molar-refractivity contribution < 1.29 is 60.2 Å². The predicted molar refractivity (Wildman–Crippen MR) is 306 cm³/mol. The van der Waals surface area contributed by atoms with Gasteiger partial charge in [-0.15, -0.1) is 0 Å². The highest BCUT2D eigenvalue weighted by atomic mass is 16.5. The highest BCUT2D eigenvalue weighted by Crippen LogP contribution is 2.79. The van der Waals surface area contributed by atoms with Crippen molar-refractivity contribution in [3.05, 3.63) is 46.8 Å². The molecule has 81 heavy (non-hydrogen) atoms. The van der Waals surface area contributed by atoms with E-state index in [1.165, 1.54) is 12.8 Å². The zero-order chi connectivity index (χ0) is 57.0. The Morgan fingerprint density at radius 3 is 2.36 bits per heavy atom. The van der Waals surface area contributed by atoms with Crippen LogP contribution in [0.3, 0.4) is 0 Å². The minimum Gasteiger partial charge on any atom is -0.396 e. The lowest BCUT2D eigenvalue weighted by Gasteiger charge is -2.71. The van der Waals surface area contributed by atoms with Crippen molar-refractivity contribution >= 4 is 5.78 Å². The number of Topliss-reactive ketones (excluding diaryl/α,β-unsaturated/α-hetero) is 1. The van der Waals surface area contributed by atoms with E-state index >= 15 is 9.90 Å². The molecule has 15 nitrogen and oxygen atoms in total. The molecule has 8 saturated carbocycles. The molecule has 12 rings (SSSR count). The van der Waals surface area contributed by atoms with Crippen molar-refractivity contribution in [2.24, 2.45) is 81.7 Å². The molecule has 0 aromatic carbocycles. The van der Waals surface area contributed by atoms with Gasteiger partial charge in [0.1, 0.15) is 5.60 Å². The minimum absolute atomic E-state index is 0.00224. The van der Waals surface area contributed by atoms with Gasteiger partial charge in [0.25, 0.3) is 0 Å². The van der Waals surface area contributed by atoms with Crippen molar-refractivity contribution in [1.82, 2.24) is 10.6 Å². The van der Waals surface area contributed by atoms with Crippen molar-refractivity contribution in [1.29, 1.82) is 0 Å². The Morgan fingerprint density at radius 1 is 0.889 bits per heavy atom. The number of ether oxygens (including phenoxy) is 2. The van der Waals surface area contributed by atoms with E-state index in [1.807, 2.05) is 18.2 Å². The summed E-state index contributed by atoms with van der Waals surface area (Å²) in [4.78, 5) is 16.5.